The number of carbonyl (C=O) groups excluding carboxylic acids is 4. The van der Waals surface area contributed by atoms with E-state index in [0.29, 0.717) is 32.1 Å². The second-order valence-electron chi connectivity index (χ2n) is 20.8. The number of phenols is 1. The number of benzene rings is 1. The van der Waals surface area contributed by atoms with E-state index in [0.717, 1.165) is 23.1 Å². The number of unbranched alkanes of at least 4 members (excludes halogenated alkanes) is 1. The van der Waals surface area contributed by atoms with Gasteiger partial charge in [-0.2, -0.15) is 0 Å². The first-order valence-electron chi connectivity index (χ1n) is 20.1. The maximum absolute atomic E-state index is 15.1. The summed E-state index contributed by atoms with van der Waals surface area (Å²) in [5, 5.41) is 14.9. The van der Waals surface area contributed by atoms with Crippen LogP contribution in [0.4, 0.5) is 0 Å². The van der Waals surface area contributed by atoms with E-state index >= 15 is 9.59 Å². The van der Waals surface area contributed by atoms with Gasteiger partial charge in [0.05, 0.1) is 22.2 Å². The third-order valence-corrected chi connectivity index (χ3v) is 11.1. The summed E-state index contributed by atoms with van der Waals surface area (Å²) in [6, 6.07) is 3.83. The van der Waals surface area contributed by atoms with Crippen molar-refractivity contribution in [1.82, 2.24) is 10.1 Å². The van der Waals surface area contributed by atoms with Gasteiger partial charge in [-0.25, -0.2) is 0 Å². The van der Waals surface area contributed by atoms with Crippen molar-refractivity contribution in [3.8, 4) is 5.75 Å². The number of nitrogens with zero attached hydrogens (tertiary/aromatic N) is 2. The van der Waals surface area contributed by atoms with E-state index in [4.69, 9.17) is 19.1 Å². The first-order chi connectivity index (χ1) is 24.8. The van der Waals surface area contributed by atoms with Gasteiger partial charge in [-0.05, 0) is 95.8 Å². The molecular weight excluding hydrogens is 700 g/mol. The summed E-state index contributed by atoms with van der Waals surface area (Å²) in [6.45, 7) is 32.5. The van der Waals surface area contributed by atoms with E-state index < -0.39 is 74.5 Å². The molecule has 2 fully saturated rings. The van der Waals surface area contributed by atoms with Crippen LogP contribution in [0.2, 0.25) is 0 Å². The van der Waals surface area contributed by atoms with Crippen molar-refractivity contribution in [3.05, 3.63) is 28.8 Å². The Bertz CT molecular complexity index is 1450. The van der Waals surface area contributed by atoms with Crippen molar-refractivity contribution >= 4 is 23.9 Å². The van der Waals surface area contributed by atoms with E-state index in [1.807, 2.05) is 116 Å². The van der Waals surface area contributed by atoms with E-state index in [1.165, 1.54) is 13.8 Å². The van der Waals surface area contributed by atoms with Crippen LogP contribution in [-0.4, -0.2) is 73.5 Å². The van der Waals surface area contributed by atoms with E-state index in [-0.39, 0.29) is 18.6 Å². The Balaban J connectivity index is 2.20. The number of carbonyl (C=O) groups is 4. The maximum Gasteiger partial charge on any atom is 0.324 e. The van der Waals surface area contributed by atoms with Crippen molar-refractivity contribution in [2.45, 2.75) is 214 Å². The van der Waals surface area contributed by atoms with Crippen LogP contribution in [-0.2, 0) is 55.6 Å². The highest BCUT2D eigenvalue weighted by atomic mass is 16.7. The minimum absolute atomic E-state index is 0.00919. The second-order valence-corrected chi connectivity index (χ2v) is 20.8. The van der Waals surface area contributed by atoms with Crippen LogP contribution in [0, 0.1) is 5.41 Å². The van der Waals surface area contributed by atoms with Crippen molar-refractivity contribution in [2.24, 2.45) is 5.41 Å². The highest BCUT2D eigenvalue weighted by molar-refractivity contribution is 6.00. The Labute approximate surface area is 331 Å². The smallest absolute Gasteiger partial charge is 0.324 e. The lowest BCUT2D eigenvalue weighted by atomic mass is 9.73. The molecule has 0 aliphatic carbocycles. The topological polar surface area (TPSA) is 132 Å². The van der Waals surface area contributed by atoms with Crippen molar-refractivity contribution in [1.29, 1.82) is 0 Å². The summed E-state index contributed by atoms with van der Waals surface area (Å²) in [5.41, 5.74) is -3.14. The summed E-state index contributed by atoms with van der Waals surface area (Å²) in [7, 11) is 0. The number of hydrogen-bond donors (Lipinski definition) is 1. The molecule has 0 unspecified atom stereocenters. The van der Waals surface area contributed by atoms with Crippen LogP contribution in [0.3, 0.4) is 0 Å². The molecule has 312 valence electrons. The van der Waals surface area contributed by atoms with Crippen LogP contribution in [0.5, 0.6) is 5.75 Å². The fraction of sp³-hybridized carbons (Fsp3) is 0.773. The molecule has 0 saturated carbocycles. The largest absolute Gasteiger partial charge is 0.507 e. The number of aromatic hydroxyl groups is 1. The molecule has 11 heteroatoms. The highest BCUT2D eigenvalue weighted by Gasteiger charge is 2.55. The minimum atomic E-state index is -1.72. The van der Waals surface area contributed by atoms with Crippen LogP contribution in [0.15, 0.2) is 12.1 Å². The molecular formula is C44H72N2O9. The lowest BCUT2D eigenvalue weighted by Gasteiger charge is -2.52. The molecule has 0 amide bonds. The molecule has 1 N–H and O–H groups in total. The zero-order valence-corrected chi connectivity index (χ0v) is 37.1. The fourth-order valence-corrected chi connectivity index (χ4v) is 9.08. The Hall–Kier alpha value is -3.18. The van der Waals surface area contributed by atoms with Crippen molar-refractivity contribution in [2.75, 3.05) is 0 Å². The summed E-state index contributed by atoms with van der Waals surface area (Å²) in [4.78, 5) is 65.8. The first-order valence-corrected chi connectivity index (χ1v) is 20.1. The van der Waals surface area contributed by atoms with E-state index in [9.17, 15) is 14.7 Å². The summed E-state index contributed by atoms with van der Waals surface area (Å²) in [5.74, 6) is -1.95. The summed E-state index contributed by atoms with van der Waals surface area (Å²) in [6.07, 6.45) is 1.78. The maximum atomic E-state index is 15.1. The minimum Gasteiger partial charge on any atom is -0.507 e. The van der Waals surface area contributed by atoms with Gasteiger partial charge >= 0.3 is 23.9 Å². The number of piperidine rings is 2. The number of phenolic OH excluding ortho intramolecular Hbond substituents is 1. The highest BCUT2D eigenvalue weighted by Crippen LogP contribution is 2.46. The van der Waals surface area contributed by atoms with Crippen molar-refractivity contribution < 1.29 is 43.4 Å². The van der Waals surface area contributed by atoms with Crippen LogP contribution in [0.1, 0.15) is 179 Å². The Kier molecular flexibility index (Phi) is 13.4. The van der Waals surface area contributed by atoms with E-state index in [1.54, 1.807) is 10.1 Å². The van der Waals surface area contributed by atoms with E-state index in [2.05, 4.69) is 0 Å². The predicted molar refractivity (Wildman–Crippen MR) is 213 cm³/mol. The SMILES string of the molecule is CCCCC(Cc1cc(C(C)(C)C)c(O)c(C(C)(C)C)c1)(C(=O)OC1CC(C)(C)N(OC(C)=O)C(C)(C)C1)C(=O)OC1CC(C)(C)N(OC(C)=O)C(C)(C)C1. The second kappa shape index (κ2) is 16.0. The third kappa shape index (κ3) is 10.6. The fourth-order valence-electron chi connectivity index (χ4n) is 9.08. The monoisotopic (exact) mass is 773 g/mol. The number of esters is 2. The average molecular weight is 773 g/mol. The molecule has 11 nitrogen and oxygen atoms in total. The predicted octanol–water partition coefficient (Wildman–Crippen LogP) is 8.79. The third-order valence-electron chi connectivity index (χ3n) is 11.1. The Morgan fingerprint density at radius 1 is 0.673 bits per heavy atom. The molecule has 2 aliphatic rings. The molecule has 2 aliphatic heterocycles. The normalized spacial score (nSPS) is 20.7. The first kappa shape index (κ1) is 46.2. The van der Waals surface area contributed by atoms with Crippen molar-refractivity contribution in [3.63, 3.8) is 0 Å². The van der Waals surface area contributed by atoms with Gasteiger partial charge in [0.2, 0.25) is 0 Å². The molecule has 0 radical (unpaired) electrons. The number of rotatable bonds is 11. The number of hydroxylamine groups is 4. The zero-order chi connectivity index (χ0) is 42.3. The molecule has 1 aromatic rings. The molecule has 2 heterocycles. The van der Waals surface area contributed by atoms with Gasteiger partial charge in [-0.3, -0.25) is 19.2 Å². The Morgan fingerprint density at radius 3 is 1.27 bits per heavy atom. The van der Waals surface area contributed by atoms with Gasteiger partial charge in [0.15, 0.2) is 5.41 Å². The molecule has 3 rings (SSSR count). The molecule has 1 aromatic carbocycles. The van der Waals surface area contributed by atoms with Crippen LogP contribution >= 0.6 is 0 Å². The summed E-state index contributed by atoms with van der Waals surface area (Å²) < 4.78 is 13.0. The van der Waals surface area contributed by atoms with Gasteiger partial charge in [-0.1, -0.05) is 73.4 Å². The molecule has 2 saturated heterocycles. The molecule has 0 aromatic heterocycles. The molecule has 0 atom stereocenters. The Morgan fingerprint density at radius 2 is 1.00 bits per heavy atom. The van der Waals surface area contributed by atoms with Crippen LogP contribution in [0.25, 0.3) is 0 Å². The summed E-state index contributed by atoms with van der Waals surface area (Å²) >= 11 is 0. The quantitative estimate of drug-likeness (QED) is 0.171. The van der Waals surface area contributed by atoms with Crippen LogP contribution < -0.4 is 0 Å². The number of ether oxygens (including phenoxy) is 2. The number of hydrogen-bond acceptors (Lipinski definition) is 11. The van der Waals surface area contributed by atoms with Gasteiger partial charge in [0.25, 0.3) is 0 Å². The zero-order valence-electron chi connectivity index (χ0n) is 37.1. The lowest BCUT2D eigenvalue weighted by Crippen LogP contribution is -2.63. The van der Waals surface area contributed by atoms with Gasteiger partial charge < -0.3 is 24.3 Å². The van der Waals surface area contributed by atoms with Gasteiger partial charge in [0.1, 0.15) is 18.0 Å². The molecule has 0 bridgehead atoms. The standard InChI is InChI=1S/C44H72N2O9/c1-18-19-20-44(23-30-21-33(38(4,5)6)35(49)34(22-30)39(7,8)9,36(50)52-31-24-40(10,11)45(54-28(2)47)41(12,13)25-31)37(51)53-32-26-42(14,15)46(55-29(3)48)43(16,17)27-32/h21-22,31-32,49H,18-20,23-27H2,1-17H3. The van der Waals surface area contributed by atoms with Gasteiger partial charge in [0, 0.05) is 39.5 Å². The molecule has 0 spiro atoms. The molecule has 55 heavy (non-hydrogen) atoms. The van der Waals surface area contributed by atoms with Gasteiger partial charge in [-0.15, -0.1) is 10.1 Å². The average Bonchev–Trinajstić information content (AvgIpc) is 2.97. The lowest BCUT2D eigenvalue weighted by molar-refractivity contribution is -0.278.